The van der Waals surface area contributed by atoms with Crippen LogP contribution in [0.2, 0.25) is 0 Å². The summed E-state index contributed by atoms with van der Waals surface area (Å²) in [4.78, 5) is 24.0. The van der Waals surface area contributed by atoms with Gasteiger partial charge >= 0.3 is 0 Å². The van der Waals surface area contributed by atoms with Gasteiger partial charge in [-0.1, -0.05) is 48.5 Å². The summed E-state index contributed by atoms with van der Waals surface area (Å²) in [5.41, 5.74) is 2.63. The first kappa shape index (κ1) is 16.7. The highest BCUT2D eigenvalue weighted by Crippen LogP contribution is 2.11. The Morgan fingerprint density at radius 1 is 1.00 bits per heavy atom. The maximum absolute atomic E-state index is 12.0. The van der Waals surface area contributed by atoms with Crippen LogP contribution in [0.15, 0.2) is 54.6 Å². The highest BCUT2D eigenvalue weighted by molar-refractivity contribution is 5.95. The van der Waals surface area contributed by atoms with Gasteiger partial charge in [0.05, 0.1) is 6.04 Å². The zero-order valence-corrected chi connectivity index (χ0v) is 13.5. The Kier molecular flexibility index (Phi) is 5.92. The molecule has 2 amide bonds. The molecule has 2 aromatic carbocycles. The van der Waals surface area contributed by atoms with E-state index in [1.165, 1.54) is 0 Å². The van der Waals surface area contributed by atoms with Gasteiger partial charge in [0.25, 0.3) is 5.91 Å². The van der Waals surface area contributed by atoms with E-state index in [-0.39, 0.29) is 24.3 Å². The Morgan fingerprint density at radius 2 is 1.65 bits per heavy atom. The van der Waals surface area contributed by atoms with Crippen molar-refractivity contribution < 1.29 is 9.59 Å². The van der Waals surface area contributed by atoms with Crippen molar-refractivity contribution in [3.05, 3.63) is 71.3 Å². The third-order valence-corrected chi connectivity index (χ3v) is 3.70. The van der Waals surface area contributed by atoms with E-state index in [0.717, 1.165) is 11.1 Å². The molecule has 0 aromatic heterocycles. The molecule has 0 saturated heterocycles. The standard InChI is InChI=1S/C19H22N2O2/c1-14-8-6-7-11-17(14)19(23)20-13-12-18(22)21-15(2)16-9-4-3-5-10-16/h3-11,15H,12-13H2,1-2H3,(H,20,23)(H,21,22). The number of rotatable bonds is 6. The van der Waals surface area contributed by atoms with Crippen LogP contribution in [0.5, 0.6) is 0 Å². The van der Waals surface area contributed by atoms with Gasteiger partial charge in [-0.2, -0.15) is 0 Å². The van der Waals surface area contributed by atoms with Crippen LogP contribution in [0.3, 0.4) is 0 Å². The number of hydrogen-bond donors (Lipinski definition) is 2. The molecule has 0 fully saturated rings. The Hall–Kier alpha value is -2.62. The molecule has 4 heteroatoms. The topological polar surface area (TPSA) is 58.2 Å². The predicted octanol–water partition coefficient (Wildman–Crippen LogP) is 2.99. The number of carbonyl (C=O) groups is 2. The summed E-state index contributed by atoms with van der Waals surface area (Å²) in [7, 11) is 0. The molecule has 0 aliphatic carbocycles. The quantitative estimate of drug-likeness (QED) is 0.861. The Balaban J connectivity index is 1.77. The minimum Gasteiger partial charge on any atom is -0.352 e. The normalized spacial score (nSPS) is 11.6. The zero-order chi connectivity index (χ0) is 16.7. The highest BCUT2D eigenvalue weighted by atomic mass is 16.2. The Bertz CT molecular complexity index is 668. The molecule has 2 aromatic rings. The van der Waals surface area contributed by atoms with E-state index < -0.39 is 0 Å². The molecular formula is C19H22N2O2. The third kappa shape index (κ3) is 4.95. The van der Waals surface area contributed by atoms with Crippen molar-refractivity contribution >= 4 is 11.8 Å². The molecule has 0 spiro atoms. The van der Waals surface area contributed by atoms with Gasteiger partial charge in [0, 0.05) is 18.5 Å². The maximum Gasteiger partial charge on any atom is 0.251 e. The van der Waals surface area contributed by atoms with Crippen LogP contribution >= 0.6 is 0 Å². The molecule has 1 atom stereocenters. The lowest BCUT2D eigenvalue weighted by atomic mass is 10.1. The van der Waals surface area contributed by atoms with Gasteiger partial charge in [-0.05, 0) is 31.0 Å². The summed E-state index contributed by atoms with van der Waals surface area (Å²) >= 11 is 0. The molecule has 2 rings (SSSR count). The van der Waals surface area contributed by atoms with Crippen molar-refractivity contribution in [2.24, 2.45) is 0 Å². The fourth-order valence-corrected chi connectivity index (χ4v) is 2.35. The molecule has 120 valence electrons. The number of amides is 2. The van der Waals surface area contributed by atoms with Crippen LogP contribution < -0.4 is 10.6 Å². The van der Waals surface area contributed by atoms with Crippen LogP contribution in [0.25, 0.3) is 0 Å². The fourth-order valence-electron chi connectivity index (χ4n) is 2.35. The lowest BCUT2D eigenvalue weighted by Gasteiger charge is -2.14. The van der Waals surface area contributed by atoms with Gasteiger partial charge in [0.15, 0.2) is 0 Å². The van der Waals surface area contributed by atoms with Gasteiger partial charge in [0.2, 0.25) is 5.91 Å². The Morgan fingerprint density at radius 3 is 2.35 bits per heavy atom. The Labute approximate surface area is 136 Å². The van der Waals surface area contributed by atoms with Crippen LogP contribution in [-0.2, 0) is 4.79 Å². The molecule has 0 aliphatic rings. The maximum atomic E-state index is 12.0. The molecule has 1 unspecified atom stereocenters. The molecule has 0 bridgehead atoms. The van der Waals surface area contributed by atoms with Gasteiger partial charge in [-0.3, -0.25) is 9.59 Å². The van der Waals surface area contributed by atoms with Crippen molar-refractivity contribution in [2.75, 3.05) is 6.54 Å². The average Bonchev–Trinajstić information content (AvgIpc) is 2.56. The summed E-state index contributed by atoms with van der Waals surface area (Å²) in [5.74, 6) is -0.224. The number of aryl methyl sites for hydroxylation is 1. The smallest absolute Gasteiger partial charge is 0.251 e. The zero-order valence-electron chi connectivity index (χ0n) is 13.5. The van der Waals surface area contributed by atoms with Gasteiger partial charge in [-0.25, -0.2) is 0 Å². The van der Waals surface area contributed by atoms with Crippen LogP contribution in [0.1, 0.15) is 40.9 Å². The van der Waals surface area contributed by atoms with Crippen molar-refractivity contribution in [3.63, 3.8) is 0 Å². The number of benzene rings is 2. The van der Waals surface area contributed by atoms with Crippen molar-refractivity contribution in [1.29, 1.82) is 0 Å². The lowest BCUT2D eigenvalue weighted by molar-refractivity contribution is -0.121. The van der Waals surface area contributed by atoms with Gasteiger partial charge in [-0.15, -0.1) is 0 Å². The number of carbonyl (C=O) groups excluding carboxylic acids is 2. The lowest BCUT2D eigenvalue weighted by Crippen LogP contribution is -2.32. The minimum absolute atomic E-state index is 0.0456. The van der Waals surface area contributed by atoms with Crippen LogP contribution in [-0.4, -0.2) is 18.4 Å². The molecule has 0 heterocycles. The van der Waals surface area contributed by atoms with Crippen molar-refractivity contribution in [2.45, 2.75) is 26.3 Å². The van der Waals surface area contributed by atoms with Gasteiger partial charge in [0.1, 0.15) is 0 Å². The molecule has 2 N–H and O–H groups in total. The number of nitrogens with one attached hydrogen (secondary N) is 2. The second-order valence-electron chi connectivity index (χ2n) is 5.52. The summed E-state index contributed by atoms with van der Waals surface area (Å²) < 4.78 is 0. The van der Waals surface area contributed by atoms with E-state index in [1.807, 2.05) is 62.4 Å². The minimum atomic E-state index is -0.146. The molecule has 0 saturated carbocycles. The van der Waals surface area contributed by atoms with Crippen LogP contribution in [0.4, 0.5) is 0 Å². The van der Waals surface area contributed by atoms with Gasteiger partial charge < -0.3 is 10.6 Å². The first-order chi connectivity index (χ1) is 11.1. The fraction of sp³-hybridized carbons (Fsp3) is 0.263. The monoisotopic (exact) mass is 310 g/mol. The van der Waals surface area contributed by atoms with E-state index in [9.17, 15) is 9.59 Å². The van der Waals surface area contributed by atoms with E-state index >= 15 is 0 Å². The van der Waals surface area contributed by atoms with Crippen molar-refractivity contribution in [3.8, 4) is 0 Å². The predicted molar refractivity (Wildman–Crippen MR) is 91.1 cm³/mol. The third-order valence-electron chi connectivity index (χ3n) is 3.70. The van der Waals surface area contributed by atoms with E-state index in [2.05, 4.69) is 10.6 Å². The molecule has 0 aliphatic heterocycles. The average molecular weight is 310 g/mol. The molecule has 0 radical (unpaired) electrons. The molecule has 23 heavy (non-hydrogen) atoms. The highest BCUT2D eigenvalue weighted by Gasteiger charge is 2.11. The summed E-state index contributed by atoms with van der Waals surface area (Å²) in [6, 6.07) is 17.1. The first-order valence-electron chi connectivity index (χ1n) is 7.76. The van der Waals surface area contributed by atoms with E-state index in [1.54, 1.807) is 6.07 Å². The van der Waals surface area contributed by atoms with E-state index in [0.29, 0.717) is 12.1 Å². The second-order valence-corrected chi connectivity index (χ2v) is 5.52. The summed E-state index contributed by atoms with van der Waals surface area (Å²) in [6.07, 6.45) is 0.259. The first-order valence-corrected chi connectivity index (χ1v) is 7.76. The van der Waals surface area contributed by atoms with Crippen LogP contribution in [0, 0.1) is 6.92 Å². The van der Waals surface area contributed by atoms with Crippen molar-refractivity contribution in [1.82, 2.24) is 10.6 Å². The summed E-state index contributed by atoms with van der Waals surface area (Å²) in [6.45, 7) is 4.16. The SMILES string of the molecule is Cc1ccccc1C(=O)NCCC(=O)NC(C)c1ccccc1. The largest absolute Gasteiger partial charge is 0.352 e. The van der Waals surface area contributed by atoms with E-state index in [4.69, 9.17) is 0 Å². The molecular weight excluding hydrogens is 288 g/mol. The molecule has 4 nitrogen and oxygen atoms in total. The summed E-state index contributed by atoms with van der Waals surface area (Å²) in [5, 5.41) is 5.71. The number of hydrogen-bond acceptors (Lipinski definition) is 2. The second kappa shape index (κ2) is 8.13.